The minimum Gasteiger partial charge on any atom is -0.384 e. The number of amides is 1. The molecule has 1 fully saturated rings. The fraction of sp³-hybridized carbons (Fsp3) is 0.417. The van der Waals surface area contributed by atoms with Crippen LogP contribution in [0.4, 0.5) is 15.8 Å². The fourth-order valence-corrected chi connectivity index (χ4v) is 4.81. The van der Waals surface area contributed by atoms with Gasteiger partial charge in [-0.05, 0) is 75.4 Å². The van der Waals surface area contributed by atoms with Gasteiger partial charge in [-0.15, -0.1) is 0 Å². The number of fused-ring (bicyclic) bond motifs is 1. The van der Waals surface area contributed by atoms with Gasteiger partial charge in [0.25, 0.3) is 0 Å². The van der Waals surface area contributed by atoms with Crippen molar-refractivity contribution in [3.63, 3.8) is 0 Å². The van der Waals surface area contributed by atoms with Crippen LogP contribution in [0.1, 0.15) is 43.4 Å². The van der Waals surface area contributed by atoms with Gasteiger partial charge in [0, 0.05) is 18.7 Å². The molecular weight excluding hydrogens is 379 g/mol. The summed E-state index contributed by atoms with van der Waals surface area (Å²) in [5.41, 5.74) is 3.01. The van der Waals surface area contributed by atoms with E-state index in [9.17, 15) is 9.18 Å². The molecular formula is C24H27FN4O. The van der Waals surface area contributed by atoms with Crippen molar-refractivity contribution >= 4 is 17.3 Å². The lowest BCUT2D eigenvalue weighted by molar-refractivity contribution is -0.128. The second kappa shape index (κ2) is 8.08. The van der Waals surface area contributed by atoms with Gasteiger partial charge in [-0.25, -0.2) is 4.39 Å². The van der Waals surface area contributed by atoms with Crippen LogP contribution < -0.4 is 10.6 Å². The third kappa shape index (κ3) is 3.54. The van der Waals surface area contributed by atoms with E-state index in [0.29, 0.717) is 35.0 Å². The van der Waals surface area contributed by atoms with Crippen LogP contribution in [0.25, 0.3) is 0 Å². The minimum absolute atomic E-state index is 0.0960. The molecule has 156 valence electrons. The molecule has 2 aliphatic heterocycles. The summed E-state index contributed by atoms with van der Waals surface area (Å²) in [6.07, 6.45) is 2.99. The van der Waals surface area contributed by atoms with E-state index in [0.717, 1.165) is 32.4 Å². The van der Waals surface area contributed by atoms with E-state index in [1.165, 1.54) is 17.7 Å². The first-order chi connectivity index (χ1) is 14.5. The molecule has 0 spiro atoms. The van der Waals surface area contributed by atoms with Gasteiger partial charge in [-0.2, -0.15) is 5.26 Å². The highest BCUT2D eigenvalue weighted by Crippen LogP contribution is 2.45. The zero-order valence-electron chi connectivity index (χ0n) is 17.5. The van der Waals surface area contributed by atoms with Crippen LogP contribution in [-0.4, -0.2) is 30.4 Å². The maximum absolute atomic E-state index is 14.4. The number of rotatable bonds is 5. The van der Waals surface area contributed by atoms with Gasteiger partial charge in [-0.3, -0.25) is 9.69 Å². The van der Waals surface area contributed by atoms with Crippen LogP contribution >= 0.6 is 0 Å². The Morgan fingerprint density at radius 3 is 2.80 bits per heavy atom. The van der Waals surface area contributed by atoms with Crippen molar-refractivity contribution in [2.75, 3.05) is 30.3 Å². The fourth-order valence-electron chi connectivity index (χ4n) is 4.81. The molecule has 0 aliphatic carbocycles. The average molecular weight is 407 g/mol. The van der Waals surface area contributed by atoms with E-state index < -0.39 is 5.54 Å². The summed E-state index contributed by atoms with van der Waals surface area (Å²) in [6.45, 7) is 6.09. The van der Waals surface area contributed by atoms with Gasteiger partial charge >= 0.3 is 0 Å². The molecule has 2 aliphatic rings. The third-order valence-electron chi connectivity index (χ3n) is 6.43. The topological polar surface area (TPSA) is 68.2 Å². The van der Waals surface area contributed by atoms with Gasteiger partial charge in [0.15, 0.2) is 0 Å². The van der Waals surface area contributed by atoms with E-state index in [2.05, 4.69) is 21.6 Å². The highest BCUT2D eigenvalue weighted by atomic mass is 19.1. The summed E-state index contributed by atoms with van der Waals surface area (Å²) in [6, 6.07) is 12.8. The molecule has 2 aromatic carbocycles. The first-order valence-corrected chi connectivity index (χ1v) is 10.6. The molecule has 2 atom stereocenters. The van der Waals surface area contributed by atoms with Crippen LogP contribution in [0.3, 0.4) is 0 Å². The minimum atomic E-state index is -0.884. The average Bonchev–Trinajstić information content (AvgIpc) is 3.01. The van der Waals surface area contributed by atoms with Crippen molar-refractivity contribution in [3.05, 3.63) is 58.9 Å². The van der Waals surface area contributed by atoms with Gasteiger partial charge in [-0.1, -0.05) is 12.1 Å². The maximum atomic E-state index is 14.4. The number of piperidine rings is 1. The van der Waals surface area contributed by atoms with Crippen LogP contribution in [0.5, 0.6) is 0 Å². The highest BCUT2D eigenvalue weighted by molar-refractivity contribution is 6.08. The number of anilines is 2. The molecule has 1 amide bonds. The van der Waals surface area contributed by atoms with E-state index >= 15 is 0 Å². The SMILES string of the molecule is CCNc1cc(F)cc2c1NC(=O)C2(C)N1CCC[C@@H](Cc2ccc(C#N)cc2)C1. The molecule has 0 radical (unpaired) electrons. The molecule has 0 saturated carbocycles. The van der Waals surface area contributed by atoms with Crippen molar-refractivity contribution in [3.8, 4) is 6.07 Å². The summed E-state index contributed by atoms with van der Waals surface area (Å²) >= 11 is 0. The monoisotopic (exact) mass is 406 g/mol. The van der Waals surface area contributed by atoms with Crippen molar-refractivity contribution in [2.24, 2.45) is 5.92 Å². The molecule has 2 aromatic rings. The lowest BCUT2D eigenvalue weighted by atomic mass is 9.84. The maximum Gasteiger partial charge on any atom is 0.249 e. The zero-order chi connectivity index (χ0) is 21.3. The van der Waals surface area contributed by atoms with Crippen molar-refractivity contribution in [2.45, 2.75) is 38.6 Å². The number of nitriles is 1. The molecule has 1 unspecified atom stereocenters. The first-order valence-electron chi connectivity index (χ1n) is 10.6. The Morgan fingerprint density at radius 1 is 1.33 bits per heavy atom. The Bertz CT molecular complexity index is 998. The summed E-state index contributed by atoms with van der Waals surface area (Å²) in [7, 11) is 0. The first kappa shape index (κ1) is 20.4. The van der Waals surface area contributed by atoms with E-state index in [4.69, 9.17) is 5.26 Å². The van der Waals surface area contributed by atoms with Gasteiger partial charge in [0.1, 0.15) is 11.4 Å². The summed E-state index contributed by atoms with van der Waals surface area (Å²) in [4.78, 5) is 15.3. The van der Waals surface area contributed by atoms with Crippen LogP contribution in [-0.2, 0) is 16.8 Å². The van der Waals surface area contributed by atoms with E-state index in [1.54, 1.807) is 0 Å². The highest BCUT2D eigenvalue weighted by Gasteiger charge is 2.49. The van der Waals surface area contributed by atoms with Crippen LogP contribution in [0, 0.1) is 23.1 Å². The second-order valence-electron chi connectivity index (χ2n) is 8.40. The quantitative estimate of drug-likeness (QED) is 0.779. The number of hydrogen-bond donors (Lipinski definition) is 2. The normalized spacial score (nSPS) is 23.5. The molecule has 30 heavy (non-hydrogen) atoms. The largest absolute Gasteiger partial charge is 0.384 e. The van der Waals surface area contributed by atoms with Crippen molar-refractivity contribution < 1.29 is 9.18 Å². The number of carbonyl (C=O) groups is 1. The molecule has 6 heteroatoms. The predicted octanol–water partition coefficient (Wildman–Crippen LogP) is 4.25. The molecule has 0 aromatic heterocycles. The number of halogens is 1. The molecule has 0 bridgehead atoms. The Hall–Kier alpha value is -2.91. The molecule has 2 heterocycles. The molecule has 5 nitrogen and oxygen atoms in total. The number of nitrogens with one attached hydrogen (secondary N) is 2. The summed E-state index contributed by atoms with van der Waals surface area (Å²) in [5, 5.41) is 15.2. The van der Waals surface area contributed by atoms with Crippen molar-refractivity contribution in [1.29, 1.82) is 5.26 Å². The summed E-state index contributed by atoms with van der Waals surface area (Å²) in [5.74, 6) is -0.0259. The number of benzene rings is 2. The third-order valence-corrected chi connectivity index (χ3v) is 6.43. The Labute approximate surface area is 176 Å². The Morgan fingerprint density at radius 2 is 2.10 bits per heavy atom. The number of nitrogens with zero attached hydrogens (tertiary/aromatic N) is 2. The van der Waals surface area contributed by atoms with Crippen LogP contribution in [0.2, 0.25) is 0 Å². The number of likely N-dealkylation sites (tertiary alicyclic amines) is 1. The van der Waals surface area contributed by atoms with Gasteiger partial charge in [0.2, 0.25) is 5.91 Å². The number of hydrogen-bond acceptors (Lipinski definition) is 4. The molecule has 1 saturated heterocycles. The van der Waals surface area contributed by atoms with E-state index in [-0.39, 0.29) is 11.7 Å². The zero-order valence-corrected chi connectivity index (χ0v) is 17.5. The van der Waals surface area contributed by atoms with Gasteiger partial charge in [0.05, 0.1) is 23.0 Å². The Balaban J connectivity index is 1.59. The standard InChI is InChI=1S/C24H27FN4O/c1-3-27-21-13-19(25)12-20-22(21)28-23(30)24(20,2)29-10-4-5-18(15-29)11-16-6-8-17(14-26)9-7-16/h6-9,12-13,18,27H,3-5,10-11,15H2,1-2H3,(H,28,30)/t18-,24?/m0/s1. The lowest BCUT2D eigenvalue weighted by Gasteiger charge is -2.42. The Kier molecular flexibility index (Phi) is 5.48. The lowest BCUT2D eigenvalue weighted by Crippen LogP contribution is -2.53. The number of carbonyl (C=O) groups excluding carboxylic acids is 1. The second-order valence-corrected chi connectivity index (χ2v) is 8.40. The van der Waals surface area contributed by atoms with Crippen molar-refractivity contribution in [1.82, 2.24) is 4.90 Å². The van der Waals surface area contributed by atoms with E-state index in [1.807, 2.05) is 38.1 Å². The predicted molar refractivity (Wildman–Crippen MR) is 116 cm³/mol. The van der Waals surface area contributed by atoms with Crippen LogP contribution in [0.15, 0.2) is 36.4 Å². The smallest absolute Gasteiger partial charge is 0.249 e. The molecule has 4 rings (SSSR count). The molecule has 2 N–H and O–H groups in total. The summed E-state index contributed by atoms with van der Waals surface area (Å²) < 4.78 is 14.4. The van der Waals surface area contributed by atoms with Gasteiger partial charge < -0.3 is 10.6 Å².